The average molecular weight is 246 g/mol. The molecule has 1 aliphatic carbocycles. The first-order valence-electron chi connectivity index (χ1n) is 6.53. The fourth-order valence-electron chi connectivity index (χ4n) is 3.44. The number of aryl methyl sites for hydroxylation is 1. The molecular weight excluding hydrogens is 228 g/mol. The number of aromatic hydroxyl groups is 1. The fourth-order valence-corrected chi connectivity index (χ4v) is 3.44. The molecule has 0 radical (unpaired) electrons. The Hall–Kier alpha value is -1.51. The SMILES string of the molecule is Cc1cc(O)c(C)c2c1CC[C@H]1C(C)C(=O)O[C@@H]21. The molecule has 1 aliphatic heterocycles. The predicted octanol–water partition coefficient (Wildman–Crippen LogP) is 2.81. The minimum atomic E-state index is -0.151. The van der Waals surface area contributed by atoms with Crippen molar-refractivity contribution < 1.29 is 14.6 Å². The molecule has 2 aliphatic rings. The fraction of sp³-hybridized carbons (Fsp3) is 0.533. The highest BCUT2D eigenvalue weighted by atomic mass is 16.6. The van der Waals surface area contributed by atoms with Crippen molar-refractivity contribution in [2.75, 3.05) is 0 Å². The van der Waals surface area contributed by atoms with Crippen molar-refractivity contribution in [1.82, 2.24) is 0 Å². The summed E-state index contributed by atoms with van der Waals surface area (Å²) in [6.07, 6.45) is 1.82. The van der Waals surface area contributed by atoms with E-state index >= 15 is 0 Å². The lowest BCUT2D eigenvalue weighted by molar-refractivity contribution is -0.144. The Balaban J connectivity index is 2.18. The number of ether oxygens (including phenoxy) is 1. The molecule has 1 N–H and O–H groups in total. The maximum atomic E-state index is 11.7. The molecule has 1 saturated heterocycles. The summed E-state index contributed by atoms with van der Waals surface area (Å²) in [6.45, 7) is 5.87. The van der Waals surface area contributed by atoms with Gasteiger partial charge in [0.2, 0.25) is 0 Å². The van der Waals surface area contributed by atoms with Crippen LogP contribution in [-0.2, 0) is 16.0 Å². The first kappa shape index (κ1) is 11.6. The Morgan fingerprint density at radius 2 is 2.11 bits per heavy atom. The summed E-state index contributed by atoms with van der Waals surface area (Å²) >= 11 is 0. The smallest absolute Gasteiger partial charge is 0.309 e. The zero-order valence-corrected chi connectivity index (χ0v) is 11.0. The van der Waals surface area contributed by atoms with Crippen molar-refractivity contribution in [3.63, 3.8) is 0 Å². The molecule has 0 amide bonds. The molecule has 96 valence electrons. The van der Waals surface area contributed by atoms with Gasteiger partial charge in [-0.1, -0.05) is 6.92 Å². The molecule has 1 aromatic carbocycles. The number of phenols is 1. The van der Waals surface area contributed by atoms with Crippen molar-refractivity contribution in [3.8, 4) is 5.75 Å². The molecule has 3 heteroatoms. The van der Waals surface area contributed by atoms with Gasteiger partial charge in [-0.2, -0.15) is 0 Å². The van der Waals surface area contributed by atoms with Gasteiger partial charge < -0.3 is 9.84 Å². The maximum absolute atomic E-state index is 11.7. The first-order chi connectivity index (χ1) is 8.50. The summed E-state index contributed by atoms with van der Waals surface area (Å²) in [7, 11) is 0. The molecule has 1 fully saturated rings. The van der Waals surface area contributed by atoms with Gasteiger partial charge in [-0.15, -0.1) is 0 Å². The van der Waals surface area contributed by atoms with E-state index in [-0.39, 0.29) is 23.9 Å². The third-order valence-corrected chi connectivity index (χ3v) is 4.60. The third-order valence-electron chi connectivity index (χ3n) is 4.60. The Morgan fingerprint density at radius 3 is 2.83 bits per heavy atom. The third kappa shape index (κ3) is 1.39. The van der Waals surface area contributed by atoms with E-state index in [1.807, 2.05) is 26.8 Å². The molecule has 0 spiro atoms. The number of carbonyl (C=O) groups excluding carboxylic acids is 1. The highest BCUT2D eigenvalue weighted by Gasteiger charge is 2.46. The second-order valence-corrected chi connectivity index (χ2v) is 5.58. The zero-order valence-electron chi connectivity index (χ0n) is 11.0. The van der Waals surface area contributed by atoms with Gasteiger partial charge in [0, 0.05) is 11.5 Å². The van der Waals surface area contributed by atoms with Gasteiger partial charge in [0.25, 0.3) is 0 Å². The Kier molecular flexibility index (Phi) is 2.40. The molecule has 1 aromatic rings. The van der Waals surface area contributed by atoms with E-state index in [1.54, 1.807) is 0 Å². The zero-order chi connectivity index (χ0) is 13.0. The van der Waals surface area contributed by atoms with Crippen molar-refractivity contribution >= 4 is 5.97 Å². The molecule has 0 aromatic heterocycles. The van der Waals surface area contributed by atoms with Crippen LogP contribution in [0.25, 0.3) is 0 Å². The minimum Gasteiger partial charge on any atom is -0.508 e. The lowest BCUT2D eigenvalue weighted by atomic mass is 9.74. The summed E-state index contributed by atoms with van der Waals surface area (Å²) in [5.41, 5.74) is 4.28. The monoisotopic (exact) mass is 246 g/mol. The van der Waals surface area contributed by atoms with Crippen LogP contribution in [-0.4, -0.2) is 11.1 Å². The Labute approximate surface area is 107 Å². The van der Waals surface area contributed by atoms with E-state index in [0.717, 1.165) is 29.5 Å². The number of rotatable bonds is 0. The highest BCUT2D eigenvalue weighted by Crippen LogP contribution is 2.49. The molecule has 0 saturated carbocycles. The maximum Gasteiger partial charge on any atom is 0.309 e. The molecule has 3 rings (SSSR count). The van der Waals surface area contributed by atoms with Gasteiger partial charge in [-0.3, -0.25) is 4.79 Å². The second-order valence-electron chi connectivity index (χ2n) is 5.58. The van der Waals surface area contributed by atoms with Crippen molar-refractivity contribution in [1.29, 1.82) is 0 Å². The number of benzene rings is 1. The van der Waals surface area contributed by atoms with E-state index in [9.17, 15) is 9.90 Å². The number of phenolic OH excluding ortho intramolecular Hbond substituents is 1. The van der Waals surface area contributed by atoms with Crippen LogP contribution in [0.3, 0.4) is 0 Å². The standard InChI is InChI=1S/C15H18O3/c1-7-6-12(16)9(3)13-10(7)4-5-11-8(2)15(17)18-14(11)13/h6,8,11,14,16H,4-5H2,1-3H3/t8?,11-,14+/m0/s1. The van der Waals surface area contributed by atoms with Crippen molar-refractivity contribution in [2.24, 2.45) is 11.8 Å². The van der Waals surface area contributed by atoms with Gasteiger partial charge >= 0.3 is 5.97 Å². The van der Waals surface area contributed by atoms with Crippen LogP contribution >= 0.6 is 0 Å². The summed E-state index contributed by atoms with van der Waals surface area (Å²) in [5.74, 6) is 0.454. The first-order valence-corrected chi connectivity index (χ1v) is 6.53. The number of carbonyl (C=O) groups is 1. The van der Waals surface area contributed by atoms with Crippen molar-refractivity contribution in [3.05, 3.63) is 28.3 Å². The number of esters is 1. The number of hydrogen-bond donors (Lipinski definition) is 1. The van der Waals surface area contributed by atoms with E-state index < -0.39 is 0 Å². The minimum absolute atomic E-state index is 0.0230. The molecule has 3 nitrogen and oxygen atoms in total. The van der Waals surface area contributed by atoms with Crippen LogP contribution < -0.4 is 0 Å². The van der Waals surface area contributed by atoms with Crippen LogP contribution in [0.1, 0.15) is 41.7 Å². The van der Waals surface area contributed by atoms with E-state index in [0.29, 0.717) is 5.75 Å². The average Bonchev–Trinajstić information content (AvgIpc) is 2.62. The molecule has 0 bridgehead atoms. The summed E-state index contributed by atoms with van der Waals surface area (Å²) in [4.78, 5) is 11.7. The number of hydrogen-bond acceptors (Lipinski definition) is 3. The predicted molar refractivity (Wildman–Crippen MR) is 67.4 cm³/mol. The van der Waals surface area contributed by atoms with Crippen LogP contribution in [0.4, 0.5) is 0 Å². The van der Waals surface area contributed by atoms with E-state index in [2.05, 4.69) is 0 Å². The van der Waals surface area contributed by atoms with Crippen LogP contribution in [0.5, 0.6) is 5.75 Å². The summed E-state index contributed by atoms with van der Waals surface area (Å²) in [5, 5.41) is 9.97. The van der Waals surface area contributed by atoms with Crippen LogP contribution in [0.15, 0.2) is 6.07 Å². The van der Waals surface area contributed by atoms with Gasteiger partial charge in [-0.05, 0) is 49.4 Å². The Bertz CT molecular complexity index is 533. The quantitative estimate of drug-likeness (QED) is 0.716. The normalized spacial score (nSPS) is 29.7. The lowest BCUT2D eigenvalue weighted by Crippen LogP contribution is -2.22. The molecular formula is C15H18O3. The van der Waals surface area contributed by atoms with Gasteiger partial charge in [-0.25, -0.2) is 0 Å². The largest absolute Gasteiger partial charge is 0.508 e. The van der Waals surface area contributed by atoms with Crippen LogP contribution in [0.2, 0.25) is 0 Å². The summed E-state index contributed by atoms with van der Waals surface area (Å²) < 4.78 is 5.54. The van der Waals surface area contributed by atoms with Gasteiger partial charge in [0.1, 0.15) is 11.9 Å². The Morgan fingerprint density at radius 1 is 1.39 bits per heavy atom. The molecule has 1 heterocycles. The highest BCUT2D eigenvalue weighted by molar-refractivity contribution is 5.75. The topological polar surface area (TPSA) is 46.5 Å². The van der Waals surface area contributed by atoms with E-state index in [4.69, 9.17) is 4.74 Å². The van der Waals surface area contributed by atoms with Crippen LogP contribution in [0, 0.1) is 25.7 Å². The number of fused-ring (bicyclic) bond motifs is 3. The van der Waals surface area contributed by atoms with E-state index in [1.165, 1.54) is 5.56 Å². The lowest BCUT2D eigenvalue weighted by Gasteiger charge is -2.30. The van der Waals surface area contributed by atoms with Gasteiger partial charge in [0.15, 0.2) is 0 Å². The molecule has 18 heavy (non-hydrogen) atoms. The summed E-state index contributed by atoms with van der Waals surface area (Å²) in [6, 6.07) is 1.81. The van der Waals surface area contributed by atoms with Crippen molar-refractivity contribution in [2.45, 2.75) is 39.7 Å². The molecule has 1 unspecified atom stereocenters. The van der Waals surface area contributed by atoms with Gasteiger partial charge in [0.05, 0.1) is 5.92 Å². The second kappa shape index (κ2) is 3.74. The molecule has 3 atom stereocenters.